The van der Waals surface area contributed by atoms with Crippen LogP contribution in [0.5, 0.6) is 0 Å². The van der Waals surface area contributed by atoms with E-state index < -0.39 is 0 Å². The predicted octanol–water partition coefficient (Wildman–Crippen LogP) is 2.59. The summed E-state index contributed by atoms with van der Waals surface area (Å²) in [6.07, 6.45) is 2.50. The SMILES string of the molecule is CCNC(=NCC1(Sc2ccccc2)CC1)NCC(C)N1CCOCC1. The molecule has 0 amide bonds. The Morgan fingerprint density at radius 3 is 2.62 bits per heavy atom. The lowest BCUT2D eigenvalue weighted by molar-refractivity contribution is 0.0211. The molecule has 0 radical (unpaired) electrons. The number of hydrogen-bond acceptors (Lipinski definition) is 4. The zero-order valence-electron chi connectivity index (χ0n) is 16.0. The topological polar surface area (TPSA) is 48.9 Å². The Hall–Kier alpha value is -1.24. The molecule has 2 fully saturated rings. The highest BCUT2D eigenvalue weighted by molar-refractivity contribution is 8.01. The van der Waals surface area contributed by atoms with Crippen LogP contribution in [0, 0.1) is 0 Å². The summed E-state index contributed by atoms with van der Waals surface area (Å²) in [5, 5.41) is 6.92. The molecule has 26 heavy (non-hydrogen) atoms. The van der Waals surface area contributed by atoms with Crippen molar-refractivity contribution in [2.75, 3.05) is 45.9 Å². The highest BCUT2D eigenvalue weighted by Crippen LogP contribution is 2.51. The van der Waals surface area contributed by atoms with Crippen molar-refractivity contribution < 1.29 is 4.74 Å². The van der Waals surface area contributed by atoms with Gasteiger partial charge in [0, 0.05) is 41.9 Å². The average Bonchev–Trinajstić information content (AvgIpc) is 3.45. The third-order valence-corrected chi connectivity index (χ3v) is 6.47. The van der Waals surface area contributed by atoms with Crippen molar-refractivity contribution in [1.82, 2.24) is 15.5 Å². The zero-order chi connectivity index (χ0) is 18.2. The molecule has 1 saturated carbocycles. The highest BCUT2D eigenvalue weighted by atomic mass is 32.2. The Kier molecular flexibility index (Phi) is 7.23. The second-order valence-corrected chi connectivity index (χ2v) is 8.71. The third-order valence-electron chi connectivity index (χ3n) is 4.99. The summed E-state index contributed by atoms with van der Waals surface area (Å²) in [7, 11) is 0. The number of hydrogen-bond donors (Lipinski definition) is 2. The van der Waals surface area contributed by atoms with Crippen LogP contribution in [-0.4, -0.2) is 67.6 Å². The first-order chi connectivity index (χ1) is 12.7. The van der Waals surface area contributed by atoms with Crippen LogP contribution >= 0.6 is 11.8 Å². The van der Waals surface area contributed by atoms with Gasteiger partial charge in [0.05, 0.1) is 19.8 Å². The first kappa shape index (κ1) is 19.5. The minimum absolute atomic E-state index is 0.291. The fraction of sp³-hybridized carbons (Fsp3) is 0.650. The lowest BCUT2D eigenvalue weighted by Gasteiger charge is -2.32. The molecule has 1 aromatic carbocycles. The van der Waals surface area contributed by atoms with Gasteiger partial charge in [0.2, 0.25) is 0 Å². The molecular weight excluding hydrogens is 344 g/mol. The maximum atomic E-state index is 5.45. The first-order valence-corrected chi connectivity index (χ1v) is 10.6. The van der Waals surface area contributed by atoms with Crippen LogP contribution in [0.1, 0.15) is 26.7 Å². The molecule has 0 spiro atoms. The van der Waals surface area contributed by atoms with Crippen LogP contribution < -0.4 is 10.6 Å². The largest absolute Gasteiger partial charge is 0.379 e. The van der Waals surface area contributed by atoms with Gasteiger partial charge in [0.1, 0.15) is 0 Å². The molecule has 1 unspecified atom stereocenters. The minimum Gasteiger partial charge on any atom is -0.379 e. The smallest absolute Gasteiger partial charge is 0.191 e. The maximum Gasteiger partial charge on any atom is 0.191 e. The number of thioether (sulfide) groups is 1. The van der Waals surface area contributed by atoms with Crippen LogP contribution in [0.4, 0.5) is 0 Å². The number of nitrogens with one attached hydrogen (secondary N) is 2. The molecule has 1 saturated heterocycles. The third kappa shape index (κ3) is 5.89. The molecule has 1 aliphatic carbocycles. The van der Waals surface area contributed by atoms with Crippen LogP contribution in [0.15, 0.2) is 40.2 Å². The van der Waals surface area contributed by atoms with E-state index in [0.717, 1.165) is 51.9 Å². The van der Waals surface area contributed by atoms with Gasteiger partial charge in [-0.15, -0.1) is 11.8 Å². The first-order valence-electron chi connectivity index (χ1n) is 9.79. The molecule has 2 aliphatic rings. The molecular formula is C20H32N4OS. The maximum absolute atomic E-state index is 5.45. The van der Waals surface area contributed by atoms with Crippen LogP contribution in [-0.2, 0) is 4.74 Å². The number of guanidine groups is 1. The summed E-state index contributed by atoms with van der Waals surface area (Å²) in [4.78, 5) is 8.72. The van der Waals surface area contributed by atoms with Gasteiger partial charge in [-0.2, -0.15) is 0 Å². The van der Waals surface area contributed by atoms with Crippen molar-refractivity contribution in [3.8, 4) is 0 Å². The van der Waals surface area contributed by atoms with Crippen molar-refractivity contribution in [3.63, 3.8) is 0 Å². The molecule has 1 atom stereocenters. The van der Waals surface area contributed by atoms with Crippen molar-refractivity contribution in [3.05, 3.63) is 30.3 Å². The standard InChI is InChI=1S/C20H32N4OS/c1-3-21-19(22-15-17(2)24-11-13-25-14-12-24)23-16-20(9-10-20)26-18-7-5-4-6-8-18/h4-8,17H,3,9-16H2,1-2H3,(H2,21,22,23). The second kappa shape index (κ2) is 9.62. The summed E-state index contributed by atoms with van der Waals surface area (Å²) >= 11 is 1.98. The Labute approximate surface area is 162 Å². The Bertz CT molecular complexity index is 570. The quantitative estimate of drug-likeness (QED) is 0.539. The van der Waals surface area contributed by atoms with Crippen molar-refractivity contribution in [2.24, 2.45) is 4.99 Å². The molecule has 2 N–H and O–H groups in total. The molecule has 0 aromatic heterocycles. The minimum atomic E-state index is 0.291. The summed E-state index contributed by atoms with van der Waals surface area (Å²) in [6.45, 7) is 10.8. The molecule has 5 nitrogen and oxygen atoms in total. The summed E-state index contributed by atoms with van der Waals surface area (Å²) < 4.78 is 5.74. The van der Waals surface area contributed by atoms with E-state index in [9.17, 15) is 0 Å². The lowest BCUT2D eigenvalue weighted by Crippen LogP contribution is -2.49. The van der Waals surface area contributed by atoms with E-state index in [1.807, 2.05) is 11.8 Å². The van der Waals surface area contributed by atoms with Crippen LogP contribution in [0.2, 0.25) is 0 Å². The van der Waals surface area contributed by atoms with E-state index in [2.05, 4.69) is 59.7 Å². The number of morpholine rings is 1. The fourth-order valence-corrected chi connectivity index (χ4v) is 4.36. The summed E-state index contributed by atoms with van der Waals surface area (Å²) in [6, 6.07) is 11.2. The van der Waals surface area contributed by atoms with E-state index in [1.165, 1.54) is 17.7 Å². The van der Waals surface area contributed by atoms with Crippen molar-refractivity contribution in [2.45, 2.75) is 42.4 Å². The Morgan fingerprint density at radius 1 is 1.23 bits per heavy atom. The molecule has 3 rings (SSSR count). The van der Waals surface area contributed by atoms with Gasteiger partial charge >= 0.3 is 0 Å². The Balaban J connectivity index is 1.50. The van der Waals surface area contributed by atoms with Crippen LogP contribution in [0.25, 0.3) is 0 Å². The normalized spacial score (nSPS) is 21.2. The van der Waals surface area contributed by atoms with Crippen LogP contribution in [0.3, 0.4) is 0 Å². The Morgan fingerprint density at radius 2 is 1.96 bits per heavy atom. The highest BCUT2D eigenvalue weighted by Gasteiger charge is 2.43. The van der Waals surface area contributed by atoms with Gasteiger partial charge in [-0.25, -0.2) is 0 Å². The van der Waals surface area contributed by atoms with Gasteiger partial charge in [0.25, 0.3) is 0 Å². The number of rotatable bonds is 8. The zero-order valence-corrected chi connectivity index (χ0v) is 16.9. The molecule has 144 valence electrons. The van der Waals surface area contributed by atoms with E-state index in [0.29, 0.717) is 10.8 Å². The van der Waals surface area contributed by atoms with E-state index in [-0.39, 0.29) is 0 Å². The molecule has 6 heteroatoms. The fourth-order valence-electron chi connectivity index (χ4n) is 3.13. The van der Waals surface area contributed by atoms with Crippen molar-refractivity contribution in [1.29, 1.82) is 0 Å². The van der Waals surface area contributed by atoms with Gasteiger partial charge in [0.15, 0.2) is 5.96 Å². The number of ether oxygens (including phenoxy) is 1. The number of aliphatic imine (C=N–C) groups is 1. The molecule has 1 aliphatic heterocycles. The number of benzene rings is 1. The van der Waals surface area contributed by atoms with Gasteiger partial charge in [-0.3, -0.25) is 9.89 Å². The van der Waals surface area contributed by atoms with Gasteiger partial charge in [-0.05, 0) is 38.8 Å². The van der Waals surface area contributed by atoms with E-state index in [4.69, 9.17) is 9.73 Å². The van der Waals surface area contributed by atoms with E-state index >= 15 is 0 Å². The molecule has 1 heterocycles. The monoisotopic (exact) mass is 376 g/mol. The van der Waals surface area contributed by atoms with Crippen molar-refractivity contribution >= 4 is 17.7 Å². The summed E-state index contributed by atoms with van der Waals surface area (Å²) in [5.74, 6) is 0.938. The van der Waals surface area contributed by atoms with Gasteiger partial charge in [-0.1, -0.05) is 18.2 Å². The molecule has 0 bridgehead atoms. The van der Waals surface area contributed by atoms with Gasteiger partial charge < -0.3 is 15.4 Å². The second-order valence-electron chi connectivity index (χ2n) is 7.17. The number of nitrogens with zero attached hydrogens (tertiary/aromatic N) is 2. The molecule has 1 aromatic rings. The lowest BCUT2D eigenvalue weighted by atomic mass is 10.2. The van der Waals surface area contributed by atoms with E-state index in [1.54, 1.807) is 0 Å². The average molecular weight is 377 g/mol. The predicted molar refractivity (Wildman–Crippen MR) is 110 cm³/mol. The summed E-state index contributed by atoms with van der Waals surface area (Å²) in [5.41, 5.74) is 0.